The van der Waals surface area contributed by atoms with Crippen LogP contribution in [-0.4, -0.2) is 49.1 Å². The predicted molar refractivity (Wildman–Crippen MR) is 85.6 cm³/mol. The summed E-state index contributed by atoms with van der Waals surface area (Å²) in [4.78, 5) is 26.2. The molecule has 0 bridgehead atoms. The molecule has 1 aliphatic carbocycles. The van der Waals surface area contributed by atoms with Gasteiger partial charge in [-0.15, -0.1) is 0 Å². The van der Waals surface area contributed by atoms with Crippen LogP contribution in [0.1, 0.15) is 28.3 Å². The van der Waals surface area contributed by atoms with Crippen molar-refractivity contribution < 1.29 is 19.4 Å². The Hall–Kier alpha value is -2.34. The SMILES string of the molecule is O=C([O-])[C@@H]1Nc2c(C(=O)N3CCOCC3)cccc2[C@H]2C=CC[C@@H]21. The van der Waals surface area contributed by atoms with E-state index in [9.17, 15) is 14.7 Å². The third-order valence-electron chi connectivity index (χ3n) is 5.18. The lowest BCUT2D eigenvalue weighted by atomic mass is 9.78. The van der Waals surface area contributed by atoms with Crippen LogP contribution in [0.5, 0.6) is 0 Å². The third kappa shape index (κ3) is 2.38. The number of rotatable bonds is 2. The van der Waals surface area contributed by atoms with E-state index in [1.54, 1.807) is 11.0 Å². The van der Waals surface area contributed by atoms with Gasteiger partial charge in [0.2, 0.25) is 0 Å². The van der Waals surface area contributed by atoms with Crippen LogP contribution in [0.2, 0.25) is 0 Å². The van der Waals surface area contributed by atoms with Crippen LogP contribution in [0.4, 0.5) is 5.69 Å². The molecular weight excluding hydrogens is 308 g/mol. The molecule has 0 aromatic heterocycles. The lowest BCUT2D eigenvalue weighted by molar-refractivity contribution is -0.308. The summed E-state index contributed by atoms with van der Waals surface area (Å²) >= 11 is 0. The number of para-hydroxylation sites is 1. The van der Waals surface area contributed by atoms with Crippen LogP contribution in [0, 0.1) is 5.92 Å². The number of morpholine rings is 1. The minimum absolute atomic E-state index is 0.0154. The number of fused-ring (bicyclic) bond motifs is 3. The largest absolute Gasteiger partial charge is 0.548 e. The highest BCUT2D eigenvalue weighted by Crippen LogP contribution is 2.45. The zero-order chi connectivity index (χ0) is 16.7. The molecule has 1 saturated heterocycles. The van der Waals surface area contributed by atoms with Gasteiger partial charge >= 0.3 is 0 Å². The van der Waals surface area contributed by atoms with Crippen LogP contribution < -0.4 is 10.4 Å². The number of aliphatic carboxylic acids is 1. The zero-order valence-electron chi connectivity index (χ0n) is 13.2. The van der Waals surface area contributed by atoms with E-state index in [0.29, 0.717) is 44.0 Å². The predicted octanol–water partition coefficient (Wildman–Crippen LogP) is 0.363. The minimum Gasteiger partial charge on any atom is -0.548 e. The second kappa shape index (κ2) is 5.94. The van der Waals surface area contributed by atoms with Gasteiger partial charge < -0.3 is 24.9 Å². The maximum absolute atomic E-state index is 12.9. The van der Waals surface area contributed by atoms with Gasteiger partial charge in [0, 0.05) is 19.0 Å². The Morgan fingerprint density at radius 3 is 2.79 bits per heavy atom. The molecule has 1 aromatic carbocycles. The second-order valence-corrected chi connectivity index (χ2v) is 6.47. The second-order valence-electron chi connectivity index (χ2n) is 6.47. The topological polar surface area (TPSA) is 81.7 Å². The quantitative estimate of drug-likeness (QED) is 0.793. The monoisotopic (exact) mass is 327 g/mol. The van der Waals surface area contributed by atoms with E-state index in [-0.39, 0.29) is 17.7 Å². The Bertz CT molecular complexity index is 709. The van der Waals surface area contributed by atoms with Gasteiger partial charge in [-0.05, 0) is 24.0 Å². The van der Waals surface area contributed by atoms with Crippen molar-refractivity contribution in [2.75, 3.05) is 31.6 Å². The molecule has 24 heavy (non-hydrogen) atoms. The summed E-state index contributed by atoms with van der Waals surface area (Å²) in [6, 6.07) is 4.82. The number of hydrogen-bond acceptors (Lipinski definition) is 5. The van der Waals surface area contributed by atoms with Crippen LogP contribution >= 0.6 is 0 Å². The smallest absolute Gasteiger partial charge is 0.256 e. The number of carboxylic acids is 1. The fourth-order valence-corrected chi connectivity index (χ4v) is 3.97. The maximum atomic E-state index is 12.9. The van der Waals surface area contributed by atoms with E-state index >= 15 is 0 Å². The molecule has 1 fully saturated rings. The molecule has 1 amide bonds. The van der Waals surface area contributed by atoms with Gasteiger partial charge in [0.1, 0.15) is 0 Å². The molecule has 0 spiro atoms. The van der Waals surface area contributed by atoms with Crippen molar-refractivity contribution in [2.24, 2.45) is 5.92 Å². The number of nitrogens with zero attached hydrogens (tertiary/aromatic N) is 1. The van der Waals surface area contributed by atoms with Gasteiger partial charge in [-0.3, -0.25) is 4.79 Å². The zero-order valence-corrected chi connectivity index (χ0v) is 13.2. The fraction of sp³-hybridized carbons (Fsp3) is 0.444. The summed E-state index contributed by atoms with van der Waals surface area (Å²) in [5.74, 6) is -1.24. The average Bonchev–Trinajstić information content (AvgIpc) is 3.10. The van der Waals surface area contributed by atoms with Crippen molar-refractivity contribution in [3.05, 3.63) is 41.5 Å². The normalized spacial score (nSPS) is 28.0. The summed E-state index contributed by atoms with van der Waals surface area (Å²) in [5, 5.41) is 14.7. The van der Waals surface area contributed by atoms with E-state index in [1.165, 1.54) is 0 Å². The van der Waals surface area contributed by atoms with Crippen molar-refractivity contribution in [2.45, 2.75) is 18.4 Å². The number of carboxylic acid groups (broad SMARTS) is 1. The molecule has 2 heterocycles. The number of allylic oxidation sites excluding steroid dienone is 2. The first-order valence-electron chi connectivity index (χ1n) is 8.31. The molecule has 6 nitrogen and oxygen atoms in total. The molecule has 6 heteroatoms. The number of anilines is 1. The van der Waals surface area contributed by atoms with Gasteiger partial charge in [0.25, 0.3) is 5.91 Å². The van der Waals surface area contributed by atoms with Crippen LogP contribution in [0.25, 0.3) is 0 Å². The summed E-state index contributed by atoms with van der Waals surface area (Å²) < 4.78 is 5.30. The van der Waals surface area contributed by atoms with E-state index in [1.807, 2.05) is 24.3 Å². The lowest BCUT2D eigenvalue weighted by Gasteiger charge is -2.39. The number of ether oxygens (including phenoxy) is 1. The first-order chi connectivity index (χ1) is 11.7. The summed E-state index contributed by atoms with van der Waals surface area (Å²) in [6.07, 6.45) is 4.76. The Balaban J connectivity index is 1.73. The van der Waals surface area contributed by atoms with E-state index in [4.69, 9.17) is 4.74 Å². The Kier molecular flexibility index (Phi) is 3.76. The molecule has 4 rings (SSSR count). The van der Waals surface area contributed by atoms with Crippen molar-refractivity contribution in [1.82, 2.24) is 4.90 Å². The summed E-state index contributed by atoms with van der Waals surface area (Å²) in [5.41, 5.74) is 2.15. The van der Waals surface area contributed by atoms with Crippen molar-refractivity contribution in [1.29, 1.82) is 0 Å². The number of amides is 1. The molecule has 2 aliphatic heterocycles. The average molecular weight is 327 g/mol. The molecule has 1 aromatic rings. The van der Waals surface area contributed by atoms with E-state index in [2.05, 4.69) is 5.32 Å². The van der Waals surface area contributed by atoms with Gasteiger partial charge in [-0.25, -0.2) is 0 Å². The minimum atomic E-state index is -1.12. The Morgan fingerprint density at radius 1 is 1.25 bits per heavy atom. The van der Waals surface area contributed by atoms with E-state index in [0.717, 1.165) is 5.56 Å². The van der Waals surface area contributed by atoms with Crippen molar-refractivity contribution in [3.8, 4) is 0 Å². The van der Waals surface area contributed by atoms with Crippen LogP contribution in [0.15, 0.2) is 30.4 Å². The molecule has 3 aliphatic rings. The van der Waals surface area contributed by atoms with Gasteiger partial charge in [0.05, 0.1) is 36.5 Å². The number of hydrogen-bond donors (Lipinski definition) is 1. The molecule has 0 unspecified atom stereocenters. The summed E-state index contributed by atoms with van der Waals surface area (Å²) in [6.45, 7) is 2.17. The Morgan fingerprint density at radius 2 is 2.04 bits per heavy atom. The molecule has 0 saturated carbocycles. The van der Waals surface area contributed by atoms with Crippen LogP contribution in [-0.2, 0) is 9.53 Å². The van der Waals surface area contributed by atoms with Crippen molar-refractivity contribution in [3.63, 3.8) is 0 Å². The highest BCUT2D eigenvalue weighted by molar-refractivity contribution is 6.01. The van der Waals surface area contributed by atoms with Gasteiger partial charge in [0.15, 0.2) is 0 Å². The highest BCUT2D eigenvalue weighted by atomic mass is 16.5. The van der Waals surface area contributed by atoms with Crippen LogP contribution in [0.3, 0.4) is 0 Å². The first kappa shape index (κ1) is 15.2. The number of nitrogens with one attached hydrogen (secondary N) is 1. The standard InChI is InChI=1S/C18H20N2O4/c21-17(20-7-9-24-10-8-20)14-6-2-4-12-11-3-1-5-13(11)16(18(22)23)19-15(12)14/h1-4,6,11,13,16,19H,5,7-10H2,(H,22,23)/p-1/t11-,13+,16-/m1/s1. The first-order valence-corrected chi connectivity index (χ1v) is 8.31. The number of benzene rings is 1. The molecule has 126 valence electrons. The maximum Gasteiger partial charge on any atom is 0.256 e. The van der Waals surface area contributed by atoms with Crippen molar-refractivity contribution >= 4 is 17.6 Å². The van der Waals surface area contributed by atoms with Gasteiger partial charge in [-0.1, -0.05) is 24.3 Å². The molecule has 3 atom stereocenters. The molecular formula is C18H19N2O4-. The molecule has 0 radical (unpaired) electrons. The summed E-state index contributed by atoms with van der Waals surface area (Å²) in [7, 11) is 0. The Labute approximate surface area is 140 Å². The number of carbonyl (C=O) groups excluding carboxylic acids is 2. The molecule has 1 N–H and O–H groups in total. The highest BCUT2D eigenvalue weighted by Gasteiger charge is 2.39. The lowest BCUT2D eigenvalue weighted by Crippen LogP contribution is -2.49. The number of carbonyl (C=O) groups is 2. The van der Waals surface area contributed by atoms with E-state index < -0.39 is 12.0 Å². The third-order valence-corrected chi connectivity index (χ3v) is 5.18. The van der Waals surface area contributed by atoms with Gasteiger partial charge in [-0.2, -0.15) is 0 Å². The fourth-order valence-electron chi connectivity index (χ4n) is 3.97.